The van der Waals surface area contributed by atoms with Gasteiger partial charge >= 0.3 is 0 Å². The molecule has 1 aromatic rings. The van der Waals surface area contributed by atoms with Crippen molar-refractivity contribution < 1.29 is 4.79 Å². The van der Waals surface area contributed by atoms with Gasteiger partial charge in [-0.05, 0) is 13.5 Å². The number of nitrogens with zero attached hydrogens (tertiary/aromatic N) is 3. The number of hydrogen-bond acceptors (Lipinski definition) is 3. The first-order valence-corrected chi connectivity index (χ1v) is 4.91. The zero-order valence-electron chi connectivity index (χ0n) is 8.66. The van der Waals surface area contributed by atoms with Crippen LogP contribution in [0.25, 0.3) is 0 Å². The maximum atomic E-state index is 10.9. The van der Waals surface area contributed by atoms with Crippen molar-refractivity contribution in [2.75, 3.05) is 20.1 Å². The molecule has 1 aromatic heterocycles. The summed E-state index contributed by atoms with van der Waals surface area (Å²) in [5.41, 5.74) is 2.99. The van der Waals surface area contributed by atoms with Crippen LogP contribution >= 0.6 is 0 Å². The quantitative estimate of drug-likeness (QED) is 0.601. The fraction of sp³-hybridized carbons (Fsp3) is 0.600. The van der Waals surface area contributed by atoms with Gasteiger partial charge in [0.25, 0.3) is 0 Å². The van der Waals surface area contributed by atoms with E-state index in [1.54, 1.807) is 4.68 Å². The molecule has 0 aliphatic carbocycles. The Bertz CT molecular complexity index is 356. The van der Waals surface area contributed by atoms with E-state index < -0.39 is 0 Å². The second-order valence-electron chi connectivity index (χ2n) is 3.86. The molecule has 2 heterocycles. The Labute approximate surface area is 83.5 Å². The minimum Gasteiger partial charge on any atom is -0.306 e. The molecule has 0 unspecified atom stereocenters. The summed E-state index contributed by atoms with van der Waals surface area (Å²) in [4.78, 5) is 13.2. The van der Waals surface area contributed by atoms with E-state index in [-0.39, 0.29) is 0 Å². The average Bonchev–Trinajstić information content (AvgIpc) is 2.36. The third-order valence-electron chi connectivity index (χ3n) is 2.86. The van der Waals surface area contributed by atoms with Crippen LogP contribution in [-0.2, 0) is 19.9 Å². The highest BCUT2D eigenvalue weighted by molar-refractivity contribution is 5.75. The van der Waals surface area contributed by atoms with Gasteiger partial charge in [-0.2, -0.15) is 5.10 Å². The monoisotopic (exact) mass is 193 g/mol. The summed E-state index contributed by atoms with van der Waals surface area (Å²) in [5, 5.41) is 4.38. The lowest BCUT2D eigenvalue weighted by Gasteiger charge is -2.11. The van der Waals surface area contributed by atoms with Crippen molar-refractivity contribution >= 4 is 6.29 Å². The molecule has 2 rings (SSSR count). The maximum Gasteiger partial charge on any atom is 0.168 e. The summed E-state index contributed by atoms with van der Waals surface area (Å²) in [6, 6.07) is 0. The topological polar surface area (TPSA) is 38.1 Å². The molecule has 4 nitrogen and oxygen atoms in total. The molecule has 0 bridgehead atoms. The second-order valence-corrected chi connectivity index (χ2v) is 3.86. The molecule has 0 amide bonds. The molecular formula is C10H15N3O. The minimum absolute atomic E-state index is 0.746. The van der Waals surface area contributed by atoms with E-state index >= 15 is 0 Å². The number of hydrogen-bond donors (Lipinski definition) is 0. The largest absolute Gasteiger partial charge is 0.306 e. The Balaban J connectivity index is 2.39. The third kappa shape index (κ3) is 1.46. The van der Waals surface area contributed by atoms with Crippen molar-refractivity contribution in [3.05, 3.63) is 17.0 Å². The molecule has 14 heavy (non-hydrogen) atoms. The lowest BCUT2D eigenvalue weighted by atomic mass is 10.1. The molecule has 0 saturated heterocycles. The lowest BCUT2D eigenvalue weighted by Crippen LogP contribution is -2.21. The van der Waals surface area contributed by atoms with Crippen LogP contribution in [0.15, 0.2) is 0 Å². The molecule has 1 aliphatic rings. The smallest absolute Gasteiger partial charge is 0.168 e. The van der Waals surface area contributed by atoms with E-state index in [0.29, 0.717) is 0 Å². The summed E-state index contributed by atoms with van der Waals surface area (Å²) in [7, 11) is 3.94. The van der Waals surface area contributed by atoms with Crippen LogP contribution < -0.4 is 0 Å². The van der Waals surface area contributed by atoms with Gasteiger partial charge in [0.05, 0.1) is 5.69 Å². The molecule has 76 valence electrons. The van der Waals surface area contributed by atoms with Crippen LogP contribution in [0.3, 0.4) is 0 Å². The predicted molar refractivity (Wildman–Crippen MR) is 53.5 cm³/mol. The van der Waals surface area contributed by atoms with E-state index in [1.165, 1.54) is 0 Å². The van der Waals surface area contributed by atoms with Crippen LogP contribution in [0.1, 0.15) is 21.7 Å². The molecule has 0 atom stereocenters. The highest BCUT2D eigenvalue weighted by Crippen LogP contribution is 2.17. The van der Waals surface area contributed by atoms with Gasteiger partial charge in [-0.15, -0.1) is 0 Å². The molecule has 1 aliphatic heterocycles. The number of likely N-dealkylation sites (N-methyl/N-ethyl adjacent to an activating group) is 1. The number of aromatic nitrogens is 2. The Kier molecular flexibility index (Phi) is 2.37. The predicted octanol–water partition coefficient (Wildman–Crippen LogP) is 0.263. The van der Waals surface area contributed by atoms with E-state index in [4.69, 9.17) is 0 Å². The Morgan fingerprint density at radius 2 is 2.00 bits per heavy atom. The SMILES string of the molecule is CN1CCc2nn(C)c(C=O)c2CC1. The van der Waals surface area contributed by atoms with Gasteiger partial charge in [0, 0.05) is 32.1 Å². The van der Waals surface area contributed by atoms with E-state index in [9.17, 15) is 4.79 Å². The van der Waals surface area contributed by atoms with Crippen LogP contribution in [0.2, 0.25) is 0 Å². The number of carbonyl (C=O) groups excluding carboxylic acids is 1. The van der Waals surface area contributed by atoms with Gasteiger partial charge in [-0.25, -0.2) is 0 Å². The first-order valence-electron chi connectivity index (χ1n) is 4.91. The molecule has 0 aromatic carbocycles. The van der Waals surface area contributed by atoms with E-state index in [1.807, 2.05) is 7.05 Å². The van der Waals surface area contributed by atoms with Crippen LogP contribution in [0.4, 0.5) is 0 Å². The van der Waals surface area contributed by atoms with Crippen LogP contribution in [0, 0.1) is 0 Å². The highest BCUT2D eigenvalue weighted by Gasteiger charge is 2.18. The third-order valence-corrected chi connectivity index (χ3v) is 2.86. The zero-order valence-corrected chi connectivity index (χ0v) is 8.66. The fourth-order valence-electron chi connectivity index (χ4n) is 1.97. The minimum atomic E-state index is 0.746. The van der Waals surface area contributed by atoms with Gasteiger partial charge in [0.1, 0.15) is 5.69 Å². The van der Waals surface area contributed by atoms with E-state index in [2.05, 4.69) is 17.0 Å². The normalized spacial score (nSPS) is 17.6. The van der Waals surface area contributed by atoms with Crippen LogP contribution in [-0.4, -0.2) is 41.1 Å². The van der Waals surface area contributed by atoms with Gasteiger partial charge in [-0.1, -0.05) is 0 Å². The Hall–Kier alpha value is -1.16. The Morgan fingerprint density at radius 1 is 1.29 bits per heavy atom. The molecule has 0 saturated carbocycles. The number of fused-ring (bicyclic) bond motifs is 1. The first-order chi connectivity index (χ1) is 6.72. The number of aryl methyl sites for hydroxylation is 1. The maximum absolute atomic E-state index is 10.9. The Morgan fingerprint density at radius 3 is 2.71 bits per heavy atom. The van der Waals surface area contributed by atoms with Crippen molar-refractivity contribution in [2.45, 2.75) is 12.8 Å². The molecule has 4 heteroatoms. The summed E-state index contributed by atoms with van der Waals surface area (Å²) < 4.78 is 1.70. The second kappa shape index (κ2) is 3.53. The molecule has 0 spiro atoms. The number of rotatable bonds is 1. The van der Waals surface area contributed by atoms with Gasteiger partial charge in [0.2, 0.25) is 0 Å². The van der Waals surface area contributed by atoms with E-state index in [0.717, 1.165) is 49.2 Å². The number of carbonyl (C=O) groups is 1. The van der Waals surface area contributed by atoms with Crippen molar-refractivity contribution in [3.8, 4) is 0 Å². The summed E-state index contributed by atoms with van der Waals surface area (Å²) in [6.07, 6.45) is 2.80. The molecule has 0 N–H and O–H groups in total. The fourth-order valence-corrected chi connectivity index (χ4v) is 1.97. The standard InChI is InChI=1S/C10H15N3O/c1-12-5-3-8-9(4-6-12)11-13(2)10(8)7-14/h7H,3-6H2,1-2H3. The molecule has 0 radical (unpaired) electrons. The number of aldehydes is 1. The average molecular weight is 193 g/mol. The van der Waals surface area contributed by atoms with Gasteiger partial charge in [0.15, 0.2) is 6.29 Å². The van der Waals surface area contributed by atoms with Crippen molar-refractivity contribution in [3.63, 3.8) is 0 Å². The van der Waals surface area contributed by atoms with Crippen molar-refractivity contribution in [2.24, 2.45) is 7.05 Å². The summed E-state index contributed by atoms with van der Waals surface area (Å²) in [5.74, 6) is 0. The summed E-state index contributed by atoms with van der Waals surface area (Å²) >= 11 is 0. The van der Waals surface area contributed by atoms with Crippen molar-refractivity contribution in [1.29, 1.82) is 0 Å². The molecule has 0 fully saturated rings. The van der Waals surface area contributed by atoms with Crippen molar-refractivity contribution in [1.82, 2.24) is 14.7 Å². The lowest BCUT2D eigenvalue weighted by molar-refractivity contribution is 0.111. The van der Waals surface area contributed by atoms with Gasteiger partial charge < -0.3 is 4.90 Å². The highest BCUT2D eigenvalue weighted by atomic mass is 16.1. The summed E-state index contributed by atoms with van der Waals surface area (Å²) in [6.45, 7) is 2.04. The van der Waals surface area contributed by atoms with Gasteiger partial charge in [-0.3, -0.25) is 9.48 Å². The zero-order chi connectivity index (χ0) is 10.1. The van der Waals surface area contributed by atoms with Crippen LogP contribution in [0.5, 0.6) is 0 Å². The molecular weight excluding hydrogens is 178 g/mol. The first kappa shape index (κ1) is 9.40.